The number of nitrogen functional groups attached to an aromatic ring is 1. The van der Waals surface area contributed by atoms with Crippen LogP contribution in [0.5, 0.6) is 0 Å². The average Bonchev–Trinajstić information content (AvgIpc) is 3.12. The molecular weight excluding hydrogens is 687 g/mol. The second-order valence-corrected chi connectivity index (χ2v) is 13.4. The summed E-state index contributed by atoms with van der Waals surface area (Å²) in [6.45, 7) is 10.9. The van der Waals surface area contributed by atoms with Gasteiger partial charge in [-0.05, 0) is 43.5 Å². The van der Waals surface area contributed by atoms with Crippen LogP contribution in [0, 0.1) is 18.6 Å². The number of aryl methyl sites for hydroxylation is 1. The van der Waals surface area contributed by atoms with Gasteiger partial charge in [0.2, 0.25) is 5.91 Å². The first-order chi connectivity index (χ1) is 22.6. The number of nitrogens with zero attached hydrogens (tertiary/aromatic N) is 6. The molecule has 2 aromatic heterocycles. The van der Waals surface area contributed by atoms with Crippen LogP contribution in [0.25, 0.3) is 27.7 Å². The number of rotatable bonds is 4. The fourth-order valence-electron chi connectivity index (χ4n) is 6.73. The Hall–Kier alpha value is -4.26. The second-order valence-electron chi connectivity index (χ2n) is 12.2. The van der Waals surface area contributed by atoms with Crippen molar-refractivity contribution in [3.05, 3.63) is 79.4 Å². The number of hydrogen-bond acceptors (Lipinski definition) is 7. The van der Waals surface area contributed by atoms with Crippen LogP contribution >= 0.6 is 34.8 Å². The van der Waals surface area contributed by atoms with Crippen LogP contribution < -0.4 is 21.2 Å². The summed E-state index contributed by atoms with van der Waals surface area (Å²) in [5.41, 5.74) is 5.03. The van der Waals surface area contributed by atoms with E-state index in [2.05, 4.69) is 16.5 Å². The smallest absolute Gasteiger partial charge is 0.354 e. The average molecular weight is 717 g/mol. The van der Waals surface area contributed by atoms with E-state index in [1.54, 1.807) is 31.0 Å². The van der Waals surface area contributed by atoms with Gasteiger partial charge in [-0.1, -0.05) is 55.2 Å². The van der Waals surface area contributed by atoms with Crippen molar-refractivity contribution in [1.29, 1.82) is 0 Å². The molecule has 2 atom stereocenters. The van der Waals surface area contributed by atoms with Crippen molar-refractivity contribution < 1.29 is 18.4 Å². The molecule has 48 heavy (non-hydrogen) atoms. The van der Waals surface area contributed by atoms with E-state index in [1.807, 2.05) is 13.8 Å². The summed E-state index contributed by atoms with van der Waals surface area (Å²) < 4.78 is 34.5. The number of anilines is 3. The van der Waals surface area contributed by atoms with Crippen LogP contribution in [0.15, 0.2) is 35.8 Å². The highest BCUT2D eigenvalue weighted by atomic mass is 35.5. The Bertz CT molecular complexity index is 2130. The van der Waals surface area contributed by atoms with E-state index in [1.165, 1.54) is 16.5 Å². The van der Waals surface area contributed by atoms with E-state index in [4.69, 9.17) is 40.5 Å². The first-order valence-corrected chi connectivity index (χ1v) is 16.1. The van der Waals surface area contributed by atoms with Crippen LogP contribution in [-0.4, -0.2) is 63.5 Å². The molecule has 2 aliphatic heterocycles. The van der Waals surface area contributed by atoms with Gasteiger partial charge in [0.05, 0.1) is 55.3 Å². The lowest BCUT2D eigenvalue weighted by Gasteiger charge is -2.45. The molecular formula is C33H30Cl3F2N7O3. The van der Waals surface area contributed by atoms with Gasteiger partial charge in [-0.15, -0.1) is 0 Å². The third kappa shape index (κ3) is 4.83. The summed E-state index contributed by atoms with van der Waals surface area (Å²) in [5, 5.41) is -1.01. The Morgan fingerprint density at radius 1 is 1.10 bits per heavy atom. The monoisotopic (exact) mass is 715 g/mol. The normalized spacial score (nSPS) is 17.6. The number of carbonyl (C=O) groups excluding carboxylic acids is 2. The topological polar surface area (TPSA) is 118 Å². The third-order valence-electron chi connectivity index (χ3n) is 8.92. The lowest BCUT2D eigenvalue weighted by molar-refractivity contribution is -0.129. The zero-order chi connectivity index (χ0) is 35.1. The lowest BCUT2D eigenvalue weighted by atomic mass is 9.97. The molecule has 0 spiro atoms. The van der Waals surface area contributed by atoms with E-state index in [0.29, 0.717) is 16.9 Å². The molecule has 10 nitrogen and oxygen atoms in total. The zero-order valence-corrected chi connectivity index (χ0v) is 28.8. The SMILES string of the molecule is C=CC(=O)N1CC(C)N2c3nc(=O)n(-c4c(C)ccnc4C(C)C)c4c(Cl)c(-c5c(N)c(Cl)cc(Cl)c5F)c(F)c(c34)N(C)C(=O)C2C1. The second kappa shape index (κ2) is 12.0. The Labute approximate surface area is 289 Å². The maximum absolute atomic E-state index is 17.3. The van der Waals surface area contributed by atoms with Crippen molar-refractivity contribution in [3.8, 4) is 16.8 Å². The number of piperazine rings is 1. The fourth-order valence-corrected chi connectivity index (χ4v) is 7.55. The molecule has 2 aliphatic rings. The van der Waals surface area contributed by atoms with Crippen LogP contribution in [0.2, 0.25) is 15.1 Å². The fraction of sp³-hybridized carbons (Fsp3) is 0.303. The molecule has 1 fully saturated rings. The highest BCUT2D eigenvalue weighted by Gasteiger charge is 2.46. The van der Waals surface area contributed by atoms with Gasteiger partial charge in [0.15, 0.2) is 11.6 Å². The van der Waals surface area contributed by atoms with Crippen LogP contribution in [0.1, 0.15) is 37.9 Å². The van der Waals surface area contributed by atoms with Crippen LogP contribution in [0.4, 0.5) is 26.0 Å². The first-order valence-electron chi connectivity index (χ1n) is 15.0. The highest BCUT2D eigenvalue weighted by molar-refractivity contribution is 6.41. The summed E-state index contributed by atoms with van der Waals surface area (Å²) in [6.07, 6.45) is 2.74. The molecule has 15 heteroatoms. The molecule has 4 heterocycles. The van der Waals surface area contributed by atoms with E-state index in [9.17, 15) is 14.4 Å². The standard InChI is InChI=1S/C33H30Cl3F2N7O3/c1-7-19(46)43-11-15(5)44-18(12-43)32(47)42(6)30-22-29(23(36)20(25(30)38)21-24(37)16(34)10-17(35)26(21)39)45(33(48)41-31(22)44)28-14(4)8-9-40-27(28)13(2)3/h7-10,13,15,18H,1,11-12,39H2,2-6H3. The molecule has 2 amide bonds. The largest absolute Gasteiger partial charge is 0.397 e. The van der Waals surface area contributed by atoms with Gasteiger partial charge in [-0.2, -0.15) is 4.98 Å². The maximum Gasteiger partial charge on any atom is 0.354 e. The molecule has 2 N–H and O–H groups in total. The Morgan fingerprint density at radius 2 is 1.79 bits per heavy atom. The van der Waals surface area contributed by atoms with Gasteiger partial charge in [-0.3, -0.25) is 19.1 Å². The molecule has 2 unspecified atom stereocenters. The third-order valence-corrected chi connectivity index (χ3v) is 9.88. The van der Waals surface area contributed by atoms with E-state index < -0.39 is 62.4 Å². The molecule has 2 aromatic carbocycles. The molecule has 4 aromatic rings. The molecule has 6 rings (SSSR count). The summed E-state index contributed by atoms with van der Waals surface area (Å²) in [6, 6.07) is 1.12. The zero-order valence-electron chi connectivity index (χ0n) is 26.5. The van der Waals surface area contributed by atoms with Gasteiger partial charge in [-0.25, -0.2) is 13.6 Å². The predicted molar refractivity (Wildman–Crippen MR) is 185 cm³/mol. The van der Waals surface area contributed by atoms with E-state index in [-0.39, 0.29) is 52.1 Å². The number of carbonyl (C=O) groups is 2. The number of halogens is 5. The van der Waals surface area contributed by atoms with Gasteiger partial charge in [0.25, 0.3) is 5.91 Å². The van der Waals surface area contributed by atoms with Crippen molar-refractivity contribution in [1.82, 2.24) is 19.4 Å². The van der Waals surface area contributed by atoms with Crippen molar-refractivity contribution in [2.75, 3.05) is 35.7 Å². The quantitative estimate of drug-likeness (QED) is 0.150. The molecule has 0 saturated carbocycles. The van der Waals surface area contributed by atoms with Crippen LogP contribution in [-0.2, 0) is 9.59 Å². The van der Waals surface area contributed by atoms with Gasteiger partial charge < -0.3 is 20.4 Å². The lowest BCUT2D eigenvalue weighted by Crippen LogP contribution is -2.63. The van der Waals surface area contributed by atoms with Crippen molar-refractivity contribution in [2.24, 2.45) is 0 Å². The predicted octanol–water partition coefficient (Wildman–Crippen LogP) is 6.27. The number of likely N-dealkylation sites (N-methyl/N-ethyl adjacent to an activating group) is 1. The minimum atomic E-state index is -1.13. The Kier molecular flexibility index (Phi) is 8.42. The summed E-state index contributed by atoms with van der Waals surface area (Å²) >= 11 is 19.6. The van der Waals surface area contributed by atoms with E-state index >= 15 is 8.78 Å². The van der Waals surface area contributed by atoms with Gasteiger partial charge in [0, 0.05) is 37.0 Å². The number of nitrogens with two attached hydrogens (primary N) is 1. The molecule has 1 saturated heterocycles. The first kappa shape index (κ1) is 33.6. The minimum absolute atomic E-state index is 0.0135. The summed E-state index contributed by atoms with van der Waals surface area (Å²) in [5.74, 6) is -3.48. The highest BCUT2D eigenvalue weighted by Crippen LogP contribution is 2.51. The van der Waals surface area contributed by atoms with Crippen molar-refractivity contribution in [3.63, 3.8) is 0 Å². The van der Waals surface area contributed by atoms with Gasteiger partial charge >= 0.3 is 5.69 Å². The number of pyridine rings is 1. The number of fused-ring (bicyclic) bond motifs is 2. The summed E-state index contributed by atoms with van der Waals surface area (Å²) in [7, 11) is 1.35. The summed E-state index contributed by atoms with van der Waals surface area (Å²) in [4.78, 5) is 54.6. The molecule has 0 aliphatic carbocycles. The van der Waals surface area contributed by atoms with Crippen molar-refractivity contribution >= 4 is 74.7 Å². The van der Waals surface area contributed by atoms with Gasteiger partial charge in [0.1, 0.15) is 11.9 Å². The number of aromatic nitrogens is 3. The maximum atomic E-state index is 17.3. The molecule has 0 radical (unpaired) electrons. The van der Waals surface area contributed by atoms with Crippen molar-refractivity contribution in [2.45, 2.75) is 45.7 Å². The van der Waals surface area contributed by atoms with Crippen LogP contribution in [0.3, 0.4) is 0 Å². The molecule has 0 bridgehead atoms. The van der Waals surface area contributed by atoms with E-state index in [0.717, 1.165) is 17.0 Å². The number of amides is 2. The Balaban J connectivity index is 1.86. The number of benzene rings is 2. The number of hydrogen-bond donors (Lipinski definition) is 1. The molecule has 250 valence electrons. The Morgan fingerprint density at radius 3 is 2.44 bits per heavy atom. The minimum Gasteiger partial charge on any atom is -0.397 e.